The average molecular weight is 322 g/mol. The maximum atomic E-state index is 10.9. The highest BCUT2D eigenvalue weighted by Gasteiger charge is 2.24. The van der Waals surface area contributed by atoms with Gasteiger partial charge in [-0.2, -0.15) is 0 Å². The van der Waals surface area contributed by atoms with E-state index in [0.29, 0.717) is 42.5 Å². The molecule has 1 fully saturated rings. The predicted molar refractivity (Wildman–Crippen MR) is 88.7 cm³/mol. The van der Waals surface area contributed by atoms with Crippen LogP contribution in [-0.2, 0) is 4.74 Å². The molecule has 0 unspecified atom stereocenters. The van der Waals surface area contributed by atoms with Gasteiger partial charge in [-0.05, 0) is 39.0 Å². The largest absolute Gasteiger partial charge is 0.490 e. The highest BCUT2D eigenvalue weighted by Crippen LogP contribution is 2.28. The highest BCUT2D eigenvalue weighted by molar-refractivity contribution is 5.76. The molecule has 1 saturated heterocycles. The van der Waals surface area contributed by atoms with Crippen LogP contribution in [-0.4, -0.2) is 51.3 Å². The van der Waals surface area contributed by atoms with Crippen molar-refractivity contribution < 1.29 is 23.9 Å². The summed E-state index contributed by atoms with van der Waals surface area (Å²) in [5.41, 5.74) is 0.599. The van der Waals surface area contributed by atoms with Crippen LogP contribution in [0.2, 0.25) is 0 Å². The van der Waals surface area contributed by atoms with Crippen LogP contribution < -0.4 is 14.4 Å². The zero-order valence-electron chi connectivity index (χ0n) is 14.3. The molecule has 1 aromatic rings. The molecule has 1 heterocycles. The van der Waals surface area contributed by atoms with E-state index in [1.54, 1.807) is 23.1 Å². The minimum Gasteiger partial charge on any atom is -0.490 e. The van der Waals surface area contributed by atoms with Crippen LogP contribution in [0.4, 0.5) is 0 Å². The summed E-state index contributed by atoms with van der Waals surface area (Å²) >= 11 is 0. The Kier molecular flexibility index (Phi) is 6.86. The monoisotopic (exact) mass is 322 g/mol. The van der Waals surface area contributed by atoms with Gasteiger partial charge in [-0.1, -0.05) is 0 Å². The summed E-state index contributed by atoms with van der Waals surface area (Å²) in [6.45, 7) is 10.6. The van der Waals surface area contributed by atoms with Crippen molar-refractivity contribution >= 4 is 6.29 Å². The van der Waals surface area contributed by atoms with Crippen molar-refractivity contribution in [2.45, 2.75) is 39.4 Å². The van der Waals surface area contributed by atoms with E-state index in [2.05, 4.69) is 13.8 Å². The Bertz CT molecular complexity index is 496. The van der Waals surface area contributed by atoms with E-state index in [9.17, 15) is 4.79 Å². The fourth-order valence-corrected chi connectivity index (χ4v) is 3.08. The van der Waals surface area contributed by atoms with Crippen LogP contribution in [0.5, 0.6) is 11.5 Å². The first-order valence-electron chi connectivity index (χ1n) is 8.46. The zero-order valence-corrected chi connectivity index (χ0v) is 14.3. The SMILES string of the molecule is CCOc1cc(C=O)ccc1OCCC[NH+]1C[C@@H](C)O[C@H](C)C1. The van der Waals surface area contributed by atoms with Gasteiger partial charge in [0, 0.05) is 12.0 Å². The Hall–Kier alpha value is -1.59. The number of carbonyl (C=O) groups excluding carboxylic acids is 1. The molecule has 23 heavy (non-hydrogen) atoms. The molecule has 0 aromatic heterocycles. The quantitative estimate of drug-likeness (QED) is 0.580. The third-order valence-electron chi connectivity index (χ3n) is 3.95. The lowest BCUT2D eigenvalue weighted by atomic mass is 10.2. The van der Waals surface area contributed by atoms with Gasteiger partial charge in [-0.15, -0.1) is 0 Å². The zero-order chi connectivity index (χ0) is 16.7. The summed E-state index contributed by atoms with van der Waals surface area (Å²) in [7, 11) is 0. The van der Waals surface area contributed by atoms with Crippen molar-refractivity contribution in [2.75, 3.05) is 32.8 Å². The lowest BCUT2D eigenvalue weighted by Crippen LogP contribution is -3.15. The van der Waals surface area contributed by atoms with Crippen molar-refractivity contribution in [1.82, 2.24) is 0 Å². The normalized spacial score (nSPS) is 24.2. The molecule has 128 valence electrons. The molecule has 5 heteroatoms. The minimum absolute atomic E-state index is 0.329. The number of morpholine rings is 1. The molecule has 0 radical (unpaired) electrons. The van der Waals surface area contributed by atoms with Gasteiger partial charge < -0.3 is 19.1 Å². The van der Waals surface area contributed by atoms with Gasteiger partial charge in [-0.3, -0.25) is 4.79 Å². The van der Waals surface area contributed by atoms with Gasteiger partial charge in [-0.25, -0.2) is 0 Å². The van der Waals surface area contributed by atoms with Gasteiger partial charge in [0.15, 0.2) is 11.5 Å². The molecular formula is C18H28NO4+. The fourth-order valence-electron chi connectivity index (χ4n) is 3.08. The predicted octanol–water partition coefficient (Wildman–Crippen LogP) is 1.36. The Morgan fingerprint density at radius 1 is 1.22 bits per heavy atom. The Balaban J connectivity index is 1.80. The summed E-state index contributed by atoms with van der Waals surface area (Å²) in [6.07, 6.45) is 2.46. The second-order valence-electron chi connectivity index (χ2n) is 6.12. The third-order valence-corrected chi connectivity index (χ3v) is 3.95. The standard InChI is InChI=1S/C18H27NO4/c1-4-21-18-10-16(13-20)6-7-17(18)22-9-5-8-19-11-14(2)23-15(3)12-19/h6-7,10,13-15H,4-5,8-9,11-12H2,1-3H3/p+1/t14-,15-/m1/s1. The summed E-state index contributed by atoms with van der Waals surface area (Å²) in [6, 6.07) is 5.28. The van der Waals surface area contributed by atoms with Crippen molar-refractivity contribution in [2.24, 2.45) is 0 Å². The van der Waals surface area contributed by atoms with Crippen LogP contribution in [0.3, 0.4) is 0 Å². The molecule has 1 aliphatic heterocycles. The maximum Gasteiger partial charge on any atom is 0.161 e. The number of ether oxygens (including phenoxy) is 3. The number of carbonyl (C=O) groups is 1. The second kappa shape index (κ2) is 8.89. The minimum atomic E-state index is 0.329. The molecule has 0 bridgehead atoms. The van der Waals surface area contributed by atoms with Crippen molar-refractivity contribution in [3.05, 3.63) is 23.8 Å². The molecule has 0 spiro atoms. The molecule has 2 atom stereocenters. The number of benzene rings is 1. The van der Waals surface area contributed by atoms with Crippen molar-refractivity contribution in [3.8, 4) is 11.5 Å². The van der Waals surface area contributed by atoms with Gasteiger partial charge in [0.05, 0.1) is 19.8 Å². The molecule has 0 saturated carbocycles. The number of rotatable bonds is 8. The van der Waals surface area contributed by atoms with E-state index in [-0.39, 0.29) is 0 Å². The summed E-state index contributed by atoms with van der Waals surface area (Å²) < 4.78 is 17.2. The number of hydrogen-bond acceptors (Lipinski definition) is 4. The Morgan fingerprint density at radius 2 is 1.96 bits per heavy atom. The molecule has 2 rings (SSSR count). The number of quaternary nitrogens is 1. The van der Waals surface area contributed by atoms with Gasteiger partial charge in [0.1, 0.15) is 31.6 Å². The number of nitrogens with one attached hydrogen (secondary N) is 1. The number of aldehydes is 1. The summed E-state index contributed by atoms with van der Waals surface area (Å²) in [5.74, 6) is 1.34. The smallest absolute Gasteiger partial charge is 0.161 e. The first-order valence-corrected chi connectivity index (χ1v) is 8.46. The van der Waals surface area contributed by atoms with Gasteiger partial charge in [0.2, 0.25) is 0 Å². The van der Waals surface area contributed by atoms with Crippen LogP contribution >= 0.6 is 0 Å². The molecular weight excluding hydrogens is 294 g/mol. The maximum absolute atomic E-state index is 10.9. The van der Waals surface area contributed by atoms with Crippen LogP contribution in [0.15, 0.2) is 18.2 Å². The van der Waals surface area contributed by atoms with Crippen molar-refractivity contribution in [3.63, 3.8) is 0 Å². The second-order valence-corrected chi connectivity index (χ2v) is 6.12. The Morgan fingerprint density at radius 3 is 2.61 bits per heavy atom. The first-order chi connectivity index (χ1) is 11.1. The van der Waals surface area contributed by atoms with E-state index in [4.69, 9.17) is 14.2 Å². The molecule has 0 amide bonds. The van der Waals surface area contributed by atoms with E-state index in [1.807, 2.05) is 6.92 Å². The highest BCUT2D eigenvalue weighted by atomic mass is 16.5. The van der Waals surface area contributed by atoms with Gasteiger partial charge >= 0.3 is 0 Å². The fraction of sp³-hybridized carbons (Fsp3) is 0.611. The van der Waals surface area contributed by atoms with Crippen LogP contribution in [0, 0.1) is 0 Å². The third kappa shape index (κ3) is 5.52. The summed E-state index contributed by atoms with van der Waals surface area (Å²) in [5, 5.41) is 0. The lowest BCUT2D eigenvalue weighted by molar-refractivity contribution is -0.915. The molecule has 5 nitrogen and oxygen atoms in total. The van der Waals surface area contributed by atoms with Crippen LogP contribution in [0.1, 0.15) is 37.6 Å². The first kappa shape index (κ1) is 17.8. The van der Waals surface area contributed by atoms with E-state index < -0.39 is 0 Å². The van der Waals surface area contributed by atoms with E-state index in [0.717, 1.165) is 32.3 Å². The van der Waals surface area contributed by atoms with E-state index in [1.165, 1.54) is 0 Å². The van der Waals surface area contributed by atoms with E-state index >= 15 is 0 Å². The topological polar surface area (TPSA) is 49.2 Å². The van der Waals surface area contributed by atoms with Gasteiger partial charge in [0.25, 0.3) is 0 Å². The summed E-state index contributed by atoms with van der Waals surface area (Å²) in [4.78, 5) is 12.4. The Labute approximate surface area is 138 Å². The number of hydrogen-bond donors (Lipinski definition) is 1. The molecule has 1 aromatic carbocycles. The lowest BCUT2D eigenvalue weighted by Gasteiger charge is -2.32. The van der Waals surface area contributed by atoms with Crippen LogP contribution in [0.25, 0.3) is 0 Å². The average Bonchev–Trinajstić information content (AvgIpc) is 2.52. The molecule has 1 N–H and O–H groups in total. The molecule has 0 aliphatic carbocycles. The molecule has 1 aliphatic rings. The van der Waals surface area contributed by atoms with Crippen molar-refractivity contribution in [1.29, 1.82) is 0 Å².